The Kier molecular flexibility index (Phi) is 7.64. The Morgan fingerprint density at radius 3 is 2.42 bits per heavy atom. The Hall–Kier alpha value is -2.86. The molecule has 0 bridgehead atoms. The molecule has 0 N–H and O–H groups in total. The minimum atomic E-state index is -0.581. The van der Waals surface area contributed by atoms with Gasteiger partial charge in [0.2, 0.25) is 0 Å². The lowest BCUT2D eigenvalue weighted by Crippen LogP contribution is -2.35. The molecule has 2 aromatic rings. The van der Waals surface area contributed by atoms with Gasteiger partial charge in [0.1, 0.15) is 5.03 Å². The van der Waals surface area contributed by atoms with Gasteiger partial charge in [-0.25, -0.2) is 9.78 Å². The molecule has 0 atom stereocenters. The van der Waals surface area contributed by atoms with Gasteiger partial charge in [-0.15, -0.1) is 13.2 Å². The van der Waals surface area contributed by atoms with Crippen LogP contribution in [0, 0.1) is 0 Å². The van der Waals surface area contributed by atoms with Gasteiger partial charge in [-0.05, 0) is 24.3 Å². The Labute approximate surface area is 157 Å². The highest BCUT2D eigenvalue weighted by molar-refractivity contribution is 7.99. The van der Waals surface area contributed by atoms with Gasteiger partial charge in [0.25, 0.3) is 5.91 Å². The lowest BCUT2D eigenvalue weighted by molar-refractivity contribution is -0.133. The van der Waals surface area contributed by atoms with Crippen LogP contribution in [0.5, 0.6) is 0 Å². The molecule has 0 aliphatic heterocycles. The van der Waals surface area contributed by atoms with Crippen LogP contribution in [0.4, 0.5) is 0 Å². The van der Waals surface area contributed by atoms with Crippen molar-refractivity contribution in [3.8, 4) is 0 Å². The molecule has 0 unspecified atom stereocenters. The van der Waals surface area contributed by atoms with Crippen molar-refractivity contribution in [1.29, 1.82) is 0 Å². The minimum Gasteiger partial charge on any atom is -0.452 e. The van der Waals surface area contributed by atoms with E-state index < -0.39 is 5.97 Å². The maximum Gasteiger partial charge on any atom is 0.341 e. The molecule has 0 saturated heterocycles. The summed E-state index contributed by atoms with van der Waals surface area (Å²) in [4.78, 5) is 31.3. The minimum absolute atomic E-state index is 0.306. The molecule has 0 aliphatic carbocycles. The average Bonchev–Trinajstić information content (AvgIpc) is 2.67. The summed E-state index contributed by atoms with van der Waals surface area (Å²) in [6, 6.07) is 12.9. The van der Waals surface area contributed by atoms with Gasteiger partial charge in [0.15, 0.2) is 6.61 Å². The Morgan fingerprint density at radius 2 is 1.77 bits per heavy atom. The number of esters is 1. The van der Waals surface area contributed by atoms with E-state index in [9.17, 15) is 9.59 Å². The molecule has 6 heteroatoms. The zero-order chi connectivity index (χ0) is 18.8. The predicted octanol–water partition coefficient (Wildman–Crippen LogP) is 3.59. The van der Waals surface area contributed by atoms with E-state index >= 15 is 0 Å². The molecule has 0 spiro atoms. The maximum absolute atomic E-state index is 12.4. The number of hydrogen-bond donors (Lipinski definition) is 0. The number of ether oxygens (including phenoxy) is 1. The zero-order valence-electron chi connectivity index (χ0n) is 14.3. The van der Waals surface area contributed by atoms with Crippen molar-refractivity contribution in [1.82, 2.24) is 9.88 Å². The third-order valence-electron chi connectivity index (χ3n) is 3.33. The molecule has 0 radical (unpaired) electrons. The van der Waals surface area contributed by atoms with Crippen LogP contribution < -0.4 is 0 Å². The van der Waals surface area contributed by atoms with Crippen LogP contribution in [-0.2, 0) is 9.53 Å². The fraction of sp³-hybridized carbons (Fsp3) is 0.150. The summed E-state index contributed by atoms with van der Waals surface area (Å²) in [5.74, 6) is -0.888. The average molecular weight is 368 g/mol. The molecule has 1 aromatic heterocycles. The molecule has 1 aromatic carbocycles. The van der Waals surface area contributed by atoms with Crippen molar-refractivity contribution in [3.63, 3.8) is 0 Å². The number of carbonyl (C=O) groups excluding carboxylic acids is 2. The monoisotopic (exact) mass is 368 g/mol. The number of amides is 1. The highest BCUT2D eigenvalue weighted by atomic mass is 32.2. The topological polar surface area (TPSA) is 59.5 Å². The van der Waals surface area contributed by atoms with Crippen LogP contribution >= 0.6 is 11.8 Å². The summed E-state index contributed by atoms with van der Waals surface area (Å²) in [6.07, 6.45) is 4.83. The number of pyridine rings is 1. The van der Waals surface area contributed by atoms with Crippen molar-refractivity contribution >= 4 is 23.6 Å². The van der Waals surface area contributed by atoms with Crippen molar-refractivity contribution < 1.29 is 14.3 Å². The fourth-order valence-electron chi connectivity index (χ4n) is 2.11. The van der Waals surface area contributed by atoms with Gasteiger partial charge < -0.3 is 9.64 Å². The van der Waals surface area contributed by atoms with Gasteiger partial charge in [-0.3, -0.25) is 4.79 Å². The van der Waals surface area contributed by atoms with E-state index in [-0.39, 0.29) is 12.5 Å². The highest BCUT2D eigenvalue weighted by Gasteiger charge is 2.18. The summed E-state index contributed by atoms with van der Waals surface area (Å²) in [6.45, 7) is 7.61. The summed E-state index contributed by atoms with van der Waals surface area (Å²) in [5.41, 5.74) is 0.327. The van der Waals surface area contributed by atoms with Crippen LogP contribution in [0.15, 0.2) is 83.9 Å². The van der Waals surface area contributed by atoms with E-state index in [2.05, 4.69) is 18.1 Å². The quantitative estimate of drug-likeness (QED) is 0.500. The molecule has 0 saturated carbocycles. The maximum atomic E-state index is 12.4. The SMILES string of the molecule is C=CCN(CC=C)C(=O)COC(=O)c1cccnc1Sc1ccccc1. The van der Waals surface area contributed by atoms with Gasteiger partial charge in [-0.2, -0.15) is 0 Å². The van der Waals surface area contributed by atoms with Gasteiger partial charge in [0.05, 0.1) is 5.56 Å². The number of rotatable bonds is 9. The number of nitrogens with zero attached hydrogens (tertiary/aromatic N) is 2. The van der Waals surface area contributed by atoms with E-state index in [1.54, 1.807) is 30.5 Å². The largest absolute Gasteiger partial charge is 0.452 e. The first-order valence-corrected chi connectivity index (χ1v) is 8.82. The second kappa shape index (κ2) is 10.2. The third kappa shape index (κ3) is 5.60. The second-order valence-corrected chi connectivity index (χ2v) is 6.29. The molecule has 2 rings (SSSR count). The number of aromatic nitrogens is 1. The van der Waals surface area contributed by atoms with E-state index in [1.165, 1.54) is 16.7 Å². The normalized spacial score (nSPS) is 10.0. The van der Waals surface area contributed by atoms with Crippen molar-refractivity contribution in [3.05, 3.63) is 79.5 Å². The smallest absolute Gasteiger partial charge is 0.341 e. The van der Waals surface area contributed by atoms with Crippen LogP contribution in [0.1, 0.15) is 10.4 Å². The third-order valence-corrected chi connectivity index (χ3v) is 4.35. The summed E-state index contributed by atoms with van der Waals surface area (Å²) in [5, 5.41) is 0.533. The predicted molar refractivity (Wildman–Crippen MR) is 102 cm³/mol. The molecule has 0 fully saturated rings. The summed E-state index contributed by atoms with van der Waals surface area (Å²) >= 11 is 1.37. The molecular weight excluding hydrogens is 348 g/mol. The van der Waals surface area contributed by atoms with E-state index in [0.717, 1.165) is 4.90 Å². The Morgan fingerprint density at radius 1 is 1.08 bits per heavy atom. The second-order valence-electron chi connectivity index (χ2n) is 5.22. The van der Waals surface area contributed by atoms with Crippen molar-refractivity contribution in [2.24, 2.45) is 0 Å². The highest BCUT2D eigenvalue weighted by Crippen LogP contribution is 2.28. The van der Waals surface area contributed by atoms with E-state index in [1.807, 2.05) is 30.3 Å². The zero-order valence-corrected chi connectivity index (χ0v) is 15.2. The molecule has 26 heavy (non-hydrogen) atoms. The molecule has 5 nitrogen and oxygen atoms in total. The molecule has 1 heterocycles. The van der Waals surface area contributed by atoms with Gasteiger partial charge >= 0.3 is 5.97 Å². The standard InChI is InChI=1S/C20H20N2O3S/c1-3-13-22(14-4-2)18(23)15-25-20(24)17-11-8-12-21-19(17)26-16-9-6-5-7-10-16/h3-12H,1-2,13-15H2. The number of carbonyl (C=O) groups is 2. The Bertz CT molecular complexity index is 768. The van der Waals surface area contributed by atoms with Crippen LogP contribution in [0.3, 0.4) is 0 Å². The lowest BCUT2D eigenvalue weighted by Gasteiger charge is -2.19. The molecule has 1 amide bonds. The van der Waals surface area contributed by atoms with Crippen molar-refractivity contribution in [2.45, 2.75) is 9.92 Å². The summed E-state index contributed by atoms with van der Waals surface area (Å²) < 4.78 is 5.19. The first-order valence-electron chi connectivity index (χ1n) is 8.00. The van der Waals surface area contributed by atoms with Crippen molar-refractivity contribution in [2.75, 3.05) is 19.7 Å². The van der Waals surface area contributed by atoms with E-state index in [0.29, 0.717) is 23.7 Å². The number of benzene rings is 1. The first-order chi connectivity index (χ1) is 12.7. The molecule has 134 valence electrons. The molecule has 0 aliphatic rings. The van der Waals surface area contributed by atoms with Gasteiger partial charge in [-0.1, -0.05) is 42.1 Å². The Balaban J connectivity index is 2.04. The van der Waals surface area contributed by atoms with Crippen LogP contribution in [0.2, 0.25) is 0 Å². The summed E-state index contributed by atoms with van der Waals surface area (Å²) in [7, 11) is 0. The van der Waals surface area contributed by atoms with E-state index in [4.69, 9.17) is 4.74 Å². The van der Waals surface area contributed by atoms with Crippen LogP contribution in [-0.4, -0.2) is 41.5 Å². The first kappa shape index (κ1) is 19.5. The molecular formula is C20H20N2O3S. The lowest BCUT2D eigenvalue weighted by atomic mass is 10.3. The fourth-order valence-corrected chi connectivity index (χ4v) is 3.01. The number of hydrogen-bond acceptors (Lipinski definition) is 5. The van der Waals surface area contributed by atoms with Gasteiger partial charge in [0, 0.05) is 24.2 Å². The van der Waals surface area contributed by atoms with Crippen LogP contribution in [0.25, 0.3) is 0 Å².